The molecule has 0 radical (unpaired) electrons. The topological polar surface area (TPSA) is 40.2 Å². The maximum absolute atomic E-state index is 6.12. The first-order valence-electron chi connectivity index (χ1n) is 10.5. The quantitative estimate of drug-likeness (QED) is 0.522. The Hall–Kier alpha value is -3.18. The summed E-state index contributed by atoms with van der Waals surface area (Å²) in [6.45, 7) is 3.26. The maximum atomic E-state index is 6.12. The van der Waals surface area contributed by atoms with Crippen LogP contribution in [0.2, 0.25) is 0 Å². The first kappa shape index (κ1) is 21.1. The molecule has 1 heterocycles. The van der Waals surface area contributed by atoms with Crippen LogP contribution in [0.5, 0.6) is 23.0 Å². The van der Waals surface area contributed by atoms with Crippen LogP contribution in [0.3, 0.4) is 0 Å². The van der Waals surface area contributed by atoms with Crippen LogP contribution in [0.1, 0.15) is 22.3 Å². The Balaban J connectivity index is 1.46. The van der Waals surface area contributed by atoms with Crippen molar-refractivity contribution in [3.05, 3.63) is 82.9 Å². The van der Waals surface area contributed by atoms with Crippen LogP contribution < -0.4 is 18.9 Å². The summed E-state index contributed by atoms with van der Waals surface area (Å²) in [4.78, 5) is 2.45. The fraction of sp³-hybridized carbons (Fsp3) is 0.308. The smallest absolute Gasteiger partial charge is 0.161 e. The zero-order valence-corrected chi connectivity index (χ0v) is 18.4. The lowest BCUT2D eigenvalue weighted by Gasteiger charge is -2.29. The van der Waals surface area contributed by atoms with E-state index in [1.54, 1.807) is 21.3 Å². The molecular formula is C26H29NO4. The molecule has 0 fully saturated rings. The molecule has 0 aromatic heterocycles. The third kappa shape index (κ3) is 5.12. The van der Waals surface area contributed by atoms with Crippen LogP contribution in [0, 0.1) is 0 Å². The summed E-state index contributed by atoms with van der Waals surface area (Å²) in [6.07, 6.45) is 0.985. The summed E-state index contributed by atoms with van der Waals surface area (Å²) in [5.41, 5.74) is 4.93. The predicted octanol–water partition coefficient (Wildman–Crippen LogP) is 4.85. The standard InChI is InChI=1S/C26H29NO4/c1-28-23-8-4-6-19(12-23)16-27-11-10-21-14-26(25(30-3)15-22(21)17-27)31-18-20-7-5-9-24(13-20)29-2/h4-9,12-15H,10-11,16-18H2,1-3H3. The van der Waals surface area contributed by atoms with Gasteiger partial charge in [0, 0.05) is 19.6 Å². The molecule has 0 unspecified atom stereocenters. The molecule has 0 aliphatic carbocycles. The SMILES string of the molecule is COc1cccc(COc2cc3c(cc2OC)CN(Cc2cccc(OC)c2)CC3)c1. The van der Waals surface area contributed by atoms with Crippen molar-refractivity contribution in [2.45, 2.75) is 26.1 Å². The molecule has 1 aliphatic rings. The van der Waals surface area contributed by atoms with Crippen LogP contribution in [-0.2, 0) is 26.1 Å². The van der Waals surface area contributed by atoms with Crippen molar-refractivity contribution in [1.82, 2.24) is 4.90 Å². The molecule has 1 aliphatic heterocycles. The molecule has 3 aromatic rings. The zero-order valence-electron chi connectivity index (χ0n) is 18.4. The third-order valence-corrected chi connectivity index (χ3v) is 5.65. The molecule has 0 saturated heterocycles. The summed E-state index contributed by atoms with van der Waals surface area (Å²) >= 11 is 0. The normalized spacial score (nSPS) is 13.4. The second-order valence-electron chi connectivity index (χ2n) is 7.72. The van der Waals surface area contributed by atoms with E-state index in [0.29, 0.717) is 6.61 Å². The molecule has 0 saturated carbocycles. The van der Waals surface area contributed by atoms with Gasteiger partial charge in [-0.15, -0.1) is 0 Å². The van der Waals surface area contributed by atoms with Crippen molar-refractivity contribution in [2.24, 2.45) is 0 Å². The largest absolute Gasteiger partial charge is 0.497 e. The van der Waals surface area contributed by atoms with Gasteiger partial charge in [-0.05, 0) is 65.1 Å². The van der Waals surface area contributed by atoms with Crippen molar-refractivity contribution in [3.8, 4) is 23.0 Å². The summed E-state index contributed by atoms with van der Waals surface area (Å²) in [7, 11) is 5.07. The van der Waals surface area contributed by atoms with Crippen LogP contribution >= 0.6 is 0 Å². The third-order valence-electron chi connectivity index (χ3n) is 5.65. The van der Waals surface area contributed by atoms with Gasteiger partial charge in [-0.2, -0.15) is 0 Å². The lowest BCUT2D eigenvalue weighted by atomic mass is 9.98. The Labute approximate surface area is 184 Å². The minimum atomic E-state index is 0.467. The van der Waals surface area contributed by atoms with Crippen molar-refractivity contribution >= 4 is 0 Å². The van der Waals surface area contributed by atoms with E-state index in [2.05, 4.69) is 29.2 Å². The Morgan fingerprint density at radius 1 is 0.742 bits per heavy atom. The van der Waals surface area contributed by atoms with Gasteiger partial charge in [0.05, 0.1) is 21.3 Å². The van der Waals surface area contributed by atoms with Gasteiger partial charge in [-0.1, -0.05) is 24.3 Å². The van der Waals surface area contributed by atoms with E-state index in [1.807, 2.05) is 36.4 Å². The molecule has 0 N–H and O–H groups in total. The lowest BCUT2D eigenvalue weighted by molar-refractivity contribution is 0.242. The first-order valence-corrected chi connectivity index (χ1v) is 10.5. The van der Waals surface area contributed by atoms with Gasteiger partial charge in [-0.25, -0.2) is 0 Å². The number of nitrogens with zero attached hydrogens (tertiary/aromatic N) is 1. The van der Waals surface area contributed by atoms with E-state index < -0.39 is 0 Å². The van der Waals surface area contributed by atoms with Crippen molar-refractivity contribution in [2.75, 3.05) is 27.9 Å². The van der Waals surface area contributed by atoms with Crippen molar-refractivity contribution < 1.29 is 18.9 Å². The van der Waals surface area contributed by atoms with Crippen LogP contribution in [0.15, 0.2) is 60.7 Å². The molecule has 3 aromatic carbocycles. The molecular weight excluding hydrogens is 390 g/mol. The number of methoxy groups -OCH3 is 3. The Kier molecular flexibility index (Phi) is 6.63. The van der Waals surface area contributed by atoms with E-state index in [-0.39, 0.29) is 0 Å². The molecule has 4 rings (SSSR count). The van der Waals surface area contributed by atoms with Gasteiger partial charge >= 0.3 is 0 Å². The van der Waals surface area contributed by atoms with Gasteiger partial charge in [-0.3, -0.25) is 4.90 Å². The van der Waals surface area contributed by atoms with Crippen molar-refractivity contribution in [1.29, 1.82) is 0 Å². The van der Waals surface area contributed by atoms with Gasteiger partial charge in [0.1, 0.15) is 18.1 Å². The average Bonchev–Trinajstić information content (AvgIpc) is 2.82. The summed E-state index contributed by atoms with van der Waals surface area (Å²) in [5.74, 6) is 3.28. The highest BCUT2D eigenvalue weighted by atomic mass is 16.5. The molecule has 0 spiro atoms. The minimum absolute atomic E-state index is 0.467. The number of rotatable bonds is 8. The number of benzene rings is 3. The monoisotopic (exact) mass is 419 g/mol. The molecule has 0 bridgehead atoms. The summed E-state index contributed by atoms with van der Waals surface area (Å²) < 4.78 is 22.4. The van der Waals surface area contributed by atoms with Crippen LogP contribution in [0.4, 0.5) is 0 Å². The summed E-state index contributed by atoms with van der Waals surface area (Å²) in [5, 5.41) is 0. The second kappa shape index (κ2) is 9.75. The van der Waals surface area contributed by atoms with E-state index in [4.69, 9.17) is 18.9 Å². The van der Waals surface area contributed by atoms with E-state index >= 15 is 0 Å². The number of hydrogen-bond acceptors (Lipinski definition) is 5. The summed E-state index contributed by atoms with van der Waals surface area (Å²) in [6, 6.07) is 20.4. The van der Waals surface area contributed by atoms with Crippen LogP contribution in [0.25, 0.3) is 0 Å². The first-order chi connectivity index (χ1) is 15.2. The number of hydrogen-bond donors (Lipinski definition) is 0. The highest BCUT2D eigenvalue weighted by Gasteiger charge is 2.20. The highest BCUT2D eigenvalue weighted by molar-refractivity contribution is 5.48. The van der Waals surface area contributed by atoms with Gasteiger partial charge < -0.3 is 18.9 Å². The van der Waals surface area contributed by atoms with Crippen molar-refractivity contribution in [3.63, 3.8) is 0 Å². The Morgan fingerprint density at radius 2 is 1.42 bits per heavy atom. The van der Waals surface area contributed by atoms with Crippen LogP contribution in [-0.4, -0.2) is 32.8 Å². The lowest BCUT2D eigenvalue weighted by Crippen LogP contribution is -2.30. The van der Waals surface area contributed by atoms with E-state index in [1.165, 1.54) is 16.7 Å². The highest BCUT2D eigenvalue weighted by Crippen LogP contribution is 2.34. The molecule has 5 heteroatoms. The molecule has 5 nitrogen and oxygen atoms in total. The molecule has 31 heavy (non-hydrogen) atoms. The second-order valence-corrected chi connectivity index (χ2v) is 7.72. The predicted molar refractivity (Wildman–Crippen MR) is 121 cm³/mol. The number of ether oxygens (including phenoxy) is 4. The maximum Gasteiger partial charge on any atom is 0.161 e. The average molecular weight is 420 g/mol. The Morgan fingerprint density at radius 3 is 2.13 bits per heavy atom. The Bertz CT molecular complexity index is 1030. The fourth-order valence-corrected chi connectivity index (χ4v) is 3.98. The zero-order chi connectivity index (χ0) is 21.6. The molecule has 0 amide bonds. The van der Waals surface area contributed by atoms with E-state index in [0.717, 1.165) is 54.6 Å². The van der Waals surface area contributed by atoms with Gasteiger partial charge in [0.15, 0.2) is 11.5 Å². The van der Waals surface area contributed by atoms with Gasteiger partial charge in [0.25, 0.3) is 0 Å². The molecule has 162 valence electrons. The minimum Gasteiger partial charge on any atom is -0.497 e. The molecule has 0 atom stereocenters. The van der Waals surface area contributed by atoms with E-state index in [9.17, 15) is 0 Å². The van der Waals surface area contributed by atoms with Gasteiger partial charge in [0.2, 0.25) is 0 Å². The number of fused-ring (bicyclic) bond motifs is 1. The fourth-order valence-electron chi connectivity index (χ4n) is 3.98.